The van der Waals surface area contributed by atoms with Crippen molar-refractivity contribution in [2.45, 2.75) is 26.7 Å². The predicted molar refractivity (Wildman–Crippen MR) is 108 cm³/mol. The van der Waals surface area contributed by atoms with Crippen molar-refractivity contribution in [3.05, 3.63) is 65.2 Å². The zero-order valence-electron chi connectivity index (χ0n) is 16.5. The van der Waals surface area contributed by atoms with Crippen molar-refractivity contribution >= 4 is 18.0 Å². The maximum Gasteiger partial charge on any atom is 0.348 e. The molecule has 0 radical (unpaired) electrons. The highest BCUT2D eigenvalue weighted by Gasteiger charge is 2.10. The maximum atomic E-state index is 12.0. The summed E-state index contributed by atoms with van der Waals surface area (Å²) in [4.78, 5) is 23.7. The standard InChI is InChI=1S/C23H23NO5/c1-3-27-23(26)19(16-24)14-18-6-4-7-21(15-18)29-22(25)8-5-13-28-20-11-9-17(2)10-12-20/h4,6-7,9-12,14-15H,3,5,8,13H2,1-2H3/b19-14+. The van der Waals surface area contributed by atoms with Crippen LogP contribution in [0.25, 0.3) is 6.08 Å². The smallest absolute Gasteiger partial charge is 0.348 e. The van der Waals surface area contributed by atoms with Gasteiger partial charge in [-0.05, 0) is 56.2 Å². The van der Waals surface area contributed by atoms with Gasteiger partial charge in [-0.15, -0.1) is 0 Å². The summed E-state index contributed by atoms with van der Waals surface area (Å²) in [6.07, 6.45) is 2.12. The van der Waals surface area contributed by atoms with E-state index in [9.17, 15) is 9.59 Å². The number of hydrogen-bond acceptors (Lipinski definition) is 6. The average Bonchev–Trinajstić information content (AvgIpc) is 2.71. The van der Waals surface area contributed by atoms with Gasteiger partial charge in [0.05, 0.1) is 13.2 Å². The molecule has 0 saturated heterocycles. The van der Waals surface area contributed by atoms with E-state index >= 15 is 0 Å². The SMILES string of the molecule is CCOC(=O)/C(C#N)=C/c1cccc(OC(=O)CCCOc2ccc(C)cc2)c1. The number of nitriles is 1. The molecule has 0 aliphatic rings. The number of nitrogens with zero attached hydrogens (tertiary/aromatic N) is 1. The summed E-state index contributed by atoms with van der Waals surface area (Å²) < 4.78 is 15.7. The highest BCUT2D eigenvalue weighted by atomic mass is 16.5. The third-order valence-electron chi connectivity index (χ3n) is 3.83. The third kappa shape index (κ3) is 7.51. The van der Waals surface area contributed by atoms with Crippen LogP contribution in [-0.2, 0) is 14.3 Å². The van der Waals surface area contributed by atoms with Crippen LogP contribution < -0.4 is 9.47 Å². The minimum absolute atomic E-state index is 0.122. The Balaban J connectivity index is 1.85. The zero-order chi connectivity index (χ0) is 21.1. The Morgan fingerprint density at radius 3 is 2.55 bits per heavy atom. The first-order chi connectivity index (χ1) is 14.0. The Hall–Kier alpha value is -3.59. The molecule has 2 aromatic carbocycles. The molecule has 0 atom stereocenters. The van der Waals surface area contributed by atoms with Crippen LogP contribution >= 0.6 is 0 Å². The van der Waals surface area contributed by atoms with E-state index in [0.29, 0.717) is 24.3 Å². The van der Waals surface area contributed by atoms with Crippen molar-refractivity contribution in [3.63, 3.8) is 0 Å². The molecule has 6 nitrogen and oxygen atoms in total. The third-order valence-corrected chi connectivity index (χ3v) is 3.83. The van der Waals surface area contributed by atoms with Gasteiger partial charge < -0.3 is 14.2 Å². The minimum Gasteiger partial charge on any atom is -0.494 e. The van der Waals surface area contributed by atoms with E-state index in [2.05, 4.69) is 0 Å². The van der Waals surface area contributed by atoms with Crippen molar-refractivity contribution < 1.29 is 23.8 Å². The largest absolute Gasteiger partial charge is 0.494 e. The number of aryl methyl sites for hydroxylation is 1. The lowest BCUT2D eigenvalue weighted by atomic mass is 10.1. The number of ether oxygens (including phenoxy) is 3. The van der Waals surface area contributed by atoms with Gasteiger partial charge in [-0.2, -0.15) is 5.26 Å². The molecule has 150 valence electrons. The van der Waals surface area contributed by atoms with Crippen LogP contribution in [0.3, 0.4) is 0 Å². The molecular formula is C23H23NO5. The van der Waals surface area contributed by atoms with Crippen LogP contribution in [0.4, 0.5) is 0 Å². The van der Waals surface area contributed by atoms with Crippen LogP contribution in [0.5, 0.6) is 11.5 Å². The van der Waals surface area contributed by atoms with Crippen LogP contribution in [0.2, 0.25) is 0 Å². The van der Waals surface area contributed by atoms with Gasteiger partial charge in [0, 0.05) is 6.42 Å². The normalized spacial score (nSPS) is 10.7. The van der Waals surface area contributed by atoms with Gasteiger partial charge in [-0.3, -0.25) is 4.79 Å². The van der Waals surface area contributed by atoms with E-state index < -0.39 is 5.97 Å². The Kier molecular flexibility index (Phi) is 8.46. The molecule has 0 amide bonds. The first-order valence-corrected chi connectivity index (χ1v) is 9.31. The van der Waals surface area contributed by atoms with E-state index in [-0.39, 0.29) is 24.6 Å². The highest BCUT2D eigenvalue weighted by molar-refractivity contribution is 5.97. The Bertz CT molecular complexity index is 910. The van der Waals surface area contributed by atoms with E-state index in [0.717, 1.165) is 11.3 Å². The molecule has 0 unspecified atom stereocenters. The van der Waals surface area contributed by atoms with Gasteiger partial charge in [-0.1, -0.05) is 29.8 Å². The molecule has 2 aromatic rings. The molecule has 2 rings (SSSR count). The lowest BCUT2D eigenvalue weighted by Crippen LogP contribution is -2.10. The first kappa shape index (κ1) is 21.7. The van der Waals surface area contributed by atoms with E-state index in [1.165, 1.54) is 6.08 Å². The van der Waals surface area contributed by atoms with Gasteiger partial charge in [0.25, 0.3) is 0 Å². The Labute approximate surface area is 170 Å². The topological polar surface area (TPSA) is 85.6 Å². The number of rotatable bonds is 9. The number of esters is 2. The monoisotopic (exact) mass is 393 g/mol. The molecule has 0 spiro atoms. The van der Waals surface area contributed by atoms with Crippen LogP contribution in [0.15, 0.2) is 54.1 Å². The summed E-state index contributed by atoms with van der Waals surface area (Å²) in [5, 5.41) is 9.10. The fourth-order valence-electron chi connectivity index (χ4n) is 2.40. The second-order valence-electron chi connectivity index (χ2n) is 6.20. The van der Waals surface area contributed by atoms with Crippen molar-refractivity contribution in [2.24, 2.45) is 0 Å². The van der Waals surface area contributed by atoms with Gasteiger partial charge >= 0.3 is 11.9 Å². The summed E-state index contributed by atoms with van der Waals surface area (Å²) in [5.74, 6) is 0.0261. The molecule has 0 heterocycles. The molecule has 0 N–H and O–H groups in total. The number of carbonyl (C=O) groups excluding carboxylic acids is 2. The second kappa shape index (κ2) is 11.3. The van der Waals surface area contributed by atoms with E-state index in [4.69, 9.17) is 19.5 Å². The Morgan fingerprint density at radius 1 is 1.10 bits per heavy atom. The second-order valence-corrected chi connectivity index (χ2v) is 6.20. The summed E-state index contributed by atoms with van der Waals surface area (Å²) in [5.41, 5.74) is 1.59. The quantitative estimate of drug-likeness (QED) is 0.208. The predicted octanol–water partition coefficient (Wildman–Crippen LogP) is 4.23. The van der Waals surface area contributed by atoms with Gasteiger partial charge in [-0.25, -0.2) is 4.79 Å². The summed E-state index contributed by atoms with van der Waals surface area (Å²) in [6.45, 7) is 4.26. The Morgan fingerprint density at radius 2 is 1.86 bits per heavy atom. The van der Waals surface area contributed by atoms with Gasteiger partial charge in [0.15, 0.2) is 0 Å². The molecule has 0 saturated carbocycles. The van der Waals surface area contributed by atoms with Crippen molar-refractivity contribution in [1.82, 2.24) is 0 Å². The number of benzene rings is 2. The minimum atomic E-state index is -0.689. The summed E-state index contributed by atoms with van der Waals surface area (Å²) in [6, 6.07) is 16.1. The van der Waals surface area contributed by atoms with Gasteiger partial charge in [0.1, 0.15) is 23.1 Å². The lowest BCUT2D eigenvalue weighted by molar-refractivity contribution is -0.138. The van der Waals surface area contributed by atoms with E-state index in [1.807, 2.05) is 37.3 Å². The van der Waals surface area contributed by atoms with Gasteiger partial charge in [0.2, 0.25) is 0 Å². The number of carbonyl (C=O) groups is 2. The molecule has 0 aromatic heterocycles. The van der Waals surface area contributed by atoms with Crippen molar-refractivity contribution in [1.29, 1.82) is 5.26 Å². The molecule has 0 aliphatic carbocycles. The van der Waals surface area contributed by atoms with Crippen LogP contribution in [0.1, 0.15) is 30.9 Å². The van der Waals surface area contributed by atoms with Crippen molar-refractivity contribution in [2.75, 3.05) is 13.2 Å². The molecule has 0 fully saturated rings. The molecule has 29 heavy (non-hydrogen) atoms. The first-order valence-electron chi connectivity index (χ1n) is 9.31. The molecule has 6 heteroatoms. The fraction of sp³-hybridized carbons (Fsp3) is 0.261. The summed E-state index contributed by atoms with van der Waals surface area (Å²) in [7, 11) is 0. The van der Waals surface area contributed by atoms with E-state index in [1.54, 1.807) is 31.2 Å². The molecule has 0 bridgehead atoms. The fourth-order valence-corrected chi connectivity index (χ4v) is 2.40. The molecule has 0 aliphatic heterocycles. The lowest BCUT2D eigenvalue weighted by Gasteiger charge is -2.07. The molecular weight excluding hydrogens is 370 g/mol. The zero-order valence-corrected chi connectivity index (χ0v) is 16.5. The van der Waals surface area contributed by atoms with Crippen LogP contribution in [0, 0.1) is 18.3 Å². The maximum absolute atomic E-state index is 12.0. The average molecular weight is 393 g/mol. The number of hydrogen-bond donors (Lipinski definition) is 0. The summed E-state index contributed by atoms with van der Waals surface area (Å²) >= 11 is 0. The highest BCUT2D eigenvalue weighted by Crippen LogP contribution is 2.17. The van der Waals surface area contributed by atoms with Crippen LogP contribution in [-0.4, -0.2) is 25.2 Å². The van der Waals surface area contributed by atoms with Crippen molar-refractivity contribution in [3.8, 4) is 17.6 Å².